The van der Waals surface area contributed by atoms with Crippen molar-refractivity contribution in [3.05, 3.63) is 60.7 Å². The number of fused-ring (bicyclic) bond motifs is 1. The molecule has 1 N–H and O–H groups in total. The lowest BCUT2D eigenvalue weighted by molar-refractivity contribution is 0.763. The number of hydrogen-bond donors (Lipinski definition) is 1. The molecule has 0 aliphatic heterocycles. The lowest BCUT2D eigenvalue weighted by Crippen LogP contribution is -2.12. The smallest absolute Gasteiger partial charge is 0.183 e. The van der Waals surface area contributed by atoms with E-state index in [0.717, 1.165) is 38.8 Å². The van der Waals surface area contributed by atoms with E-state index < -0.39 is 0 Å². The van der Waals surface area contributed by atoms with Crippen LogP contribution in [0, 0.1) is 11.3 Å². The van der Waals surface area contributed by atoms with Gasteiger partial charge in [0, 0.05) is 42.0 Å². The molecule has 134 valence electrons. The highest BCUT2D eigenvalue weighted by Gasteiger charge is 2.12. The molecule has 1 aromatic carbocycles. The maximum absolute atomic E-state index is 9.23. The summed E-state index contributed by atoms with van der Waals surface area (Å²) in [6.07, 6.45) is 8.76. The number of aromatic nitrogens is 3. The Kier molecular flexibility index (Phi) is 4.61. The highest BCUT2D eigenvalue weighted by molar-refractivity contribution is 7.18. The number of nitrogens with zero attached hydrogens (tertiary/aromatic N) is 4. The summed E-state index contributed by atoms with van der Waals surface area (Å²) in [5, 5.41) is 13.6. The van der Waals surface area contributed by atoms with Crippen LogP contribution in [0.5, 0.6) is 0 Å². The zero-order chi connectivity index (χ0) is 18.8. The summed E-state index contributed by atoms with van der Waals surface area (Å²) in [6.45, 7) is 4.31. The molecule has 0 aliphatic carbocycles. The van der Waals surface area contributed by atoms with E-state index in [1.807, 2.05) is 41.1 Å². The van der Waals surface area contributed by atoms with Gasteiger partial charge in [0.2, 0.25) is 0 Å². The van der Waals surface area contributed by atoms with Crippen LogP contribution in [0.4, 0.5) is 5.13 Å². The molecule has 5 nitrogen and oxygen atoms in total. The van der Waals surface area contributed by atoms with Crippen LogP contribution in [0.15, 0.2) is 55.1 Å². The Balaban J connectivity index is 1.80. The minimum absolute atomic E-state index is 0.393. The number of nitrogens with one attached hydrogen (secondary N) is 1. The normalized spacial score (nSPS) is 12.0. The molecule has 1 unspecified atom stereocenters. The Morgan fingerprint density at radius 3 is 2.96 bits per heavy atom. The standard InChI is InChI=1S/C21H19N5S/c1-3-14(2)25-21-24-12-19(27-21)17-10-18(20-23-7-8-26(20)13-17)16-6-4-5-15(9-16)11-22/h4-10,12-14H,3H2,1-2H3,(H,24,25). The molecular weight excluding hydrogens is 354 g/mol. The van der Waals surface area contributed by atoms with Crippen molar-refractivity contribution < 1.29 is 0 Å². The molecule has 4 aromatic rings. The molecule has 27 heavy (non-hydrogen) atoms. The molecule has 0 saturated carbocycles. The molecular formula is C21H19N5S. The molecule has 3 aromatic heterocycles. The summed E-state index contributed by atoms with van der Waals surface area (Å²) < 4.78 is 2.02. The number of pyridine rings is 1. The zero-order valence-corrected chi connectivity index (χ0v) is 16.0. The van der Waals surface area contributed by atoms with Crippen molar-refractivity contribution in [3.8, 4) is 27.6 Å². The summed E-state index contributed by atoms with van der Waals surface area (Å²) in [5.74, 6) is 0. The predicted octanol–water partition coefficient (Wildman–Crippen LogP) is 5.21. The van der Waals surface area contributed by atoms with Crippen molar-refractivity contribution in [2.75, 3.05) is 5.32 Å². The summed E-state index contributed by atoms with van der Waals surface area (Å²) in [4.78, 5) is 10.1. The predicted molar refractivity (Wildman–Crippen MR) is 110 cm³/mol. The number of anilines is 1. The van der Waals surface area contributed by atoms with Crippen molar-refractivity contribution in [3.63, 3.8) is 0 Å². The van der Waals surface area contributed by atoms with E-state index in [9.17, 15) is 5.26 Å². The largest absolute Gasteiger partial charge is 0.359 e. The van der Waals surface area contributed by atoms with Gasteiger partial charge in [-0.15, -0.1) is 0 Å². The van der Waals surface area contributed by atoms with E-state index in [1.54, 1.807) is 17.5 Å². The quantitative estimate of drug-likeness (QED) is 0.522. The highest BCUT2D eigenvalue weighted by Crippen LogP contribution is 2.34. The van der Waals surface area contributed by atoms with Crippen molar-refractivity contribution >= 4 is 22.1 Å². The van der Waals surface area contributed by atoms with Crippen LogP contribution in [0.25, 0.3) is 27.2 Å². The molecule has 1 atom stereocenters. The average Bonchev–Trinajstić information content (AvgIpc) is 3.36. The van der Waals surface area contributed by atoms with Gasteiger partial charge in [-0.05, 0) is 37.1 Å². The van der Waals surface area contributed by atoms with Crippen LogP contribution in [0.3, 0.4) is 0 Å². The first kappa shape index (κ1) is 17.3. The second kappa shape index (κ2) is 7.22. The molecule has 0 spiro atoms. The second-order valence-corrected chi connectivity index (χ2v) is 7.51. The molecule has 3 heterocycles. The van der Waals surface area contributed by atoms with Gasteiger partial charge in [0.25, 0.3) is 0 Å². The fourth-order valence-electron chi connectivity index (χ4n) is 2.92. The van der Waals surface area contributed by atoms with Crippen LogP contribution in [-0.2, 0) is 0 Å². The third-order valence-corrected chi connectivity index (χ3v) is 5.54. The number of thiazole rings is 1. The van der Waals surface area contributed by atoms with Crippen LogP contribution in [0.2, 0.25) is 0 Å². The lowest BCUT2D eigenvalue weighted by Gasteiger charge is -2.09. The molecule has 0 aliphatic rings. The summed E-state index contributed by atoms with van der Waals surface area (Å²) in [7, 11) is 0. The van der Waals surface area contributed by atoms with Crippen LogP contribution in [0.1, 0.15) is 25.8 Å². The van der Waals surface area contributed by atoms with E-state index in [1.165, 1.54) is 0 Å². The zero-order valence-electron chi connectivity index (χ0n) is 15.2. The number of hydrogen-bond acceptors (Lipinski definition) is 5. The topological polar surface area (TPSA) is 66.0 Å². The first-order valence-electron chi connectivity index (χ1n) is 8.88. The van der Waals surface area contributed by atoms with Crippen molar-refractivity contribution in [2.24, 2.45) is 0 Å². The summed E-state index contributed by atoms with van der Waals surface area (Å²) >= 11 is 1.64. The fourth-order valence-corrected chi connectivity index (χ4v) is 3.83. The number of imidazole rings is 1. The van der Waals surface area contributed by atoms with E-state index >= 15 is 0 Å². The number of rotatable bonds is 5. The van der Waals surface area contributed by atoms with Gasteiger partial charge in [-0.2, -0.15) is 5.26 Å². The van der Waals surface area contributed by atoms with Crippen molar-refractivity contribution in [1.29, 1.82) is 5.26 Å². The van der Waals surface area contributed by atoms with Gasteiger partial charge in [-0.3, -0.25) is 0 Å². The van der Waals surface area contributed by atoms with Gasteiger partial charge in [-0.1, -0.05) is 30.4 Å². The number of benzene rings is 1. The van der Waals surface area contributed by atoms with E-state index in [0.29, 0.717) is 11.6 Å². The molecule has 0 bridgehead atoms. The maximum Gasteiger partial charge on any atom is 0.183 e. The van der Waals surface area contributed by atoms with Crippen LogP contribution >= 0.6 is 11.3 Å². The van der Waals surface area contributed by atoms with Gasteiger partial charge in [0.05, 0.1) is 16.5 Å². The Hall–Kier alpha value is -3.17. The summed E-state index contributed by atoms with van der Waals surface area (Å²) in [5.41, 5.74) is 4.57. The third-order valence-electron chi connectivity index (χ3n) is 4.56. The van der Waals surface area contributed by atoms with Crippen molar-refractivity contribution in [1.82, 2.24) is 14.4 Å². The molecule has 0 fully saturated rings. The van der Waals surface area contributed by atoms with E-state index in [4.69, 9.17) is 0 Å². The fraction of sp³-hybridized carbons (Fsp3) is 0.190. The third kappa shape index (κ3) is 3.42. The van der Waals surface area contributed by atoms with Crippen molar-refractivity contribution in [2.45, 2.75) is 26.3 Å². The maximum atomic E-state index is 9.23. The van der Waals surface area contributed by atoms with Gasteiger partial charge < -0.3 is 9.72 Å². The van der Waals surface area contributed by atoms with Gasteiger partial charge >= 0.3 is 0 Å². The van der Waals surface area contributed by atoms with E-state index in [2.05, 4.69) is 47.5 Å². The second-order valence-electron chi connectivity index (χ2n) is 6.48. The Labute approximate surface area is 162 Å². The minimum atomic E-state index is 0.393. The monoisotopic (exact) mass is 373 g/mol. The SMILES string of the molecule is CCC(C)Nc1ncc(-c2cc(-c3cccc(C#N)c3)c3nccn3c2)s1. The first-order chi connectivity index (χ1) is 13.2. The summed E-state index contributed by atoms with van der Waals surface area (Å²) in [6, 6.07) is 12.4. The van der Waals surface area contributed by atoms with Crippen LogP contribution in [-0.4, -0.2) is 20.4 Å². The molecule has 6 heteroatoms. The minimum Gasteiger partial charge on any atom is -0.359 e. The van der Waals surface area contributed by atoms with Gasteiger partial charge in [-0.25, -0.2) is 9.97 Å². The molecule has 4 rings (SSSR count). The highest BCUT2D eigenvalue weighted by atomic mass is 32.1. The average molecular weight is 373 g/mol. The molecule has 0 radical (unpaired) electrons. The molecule has 0 saturated heterocycles. The van der Waals surface area contributed by atoms with E-state index in [-0.39, 0.29) is 0 Å². The Bertz CT molecular complexity index is 1130. The first-order valence-corrected chi connectivity index (χ1v) is 9.69. The Morgan fingerprint density at radius 2 is 2.15 bits per heavy atom. The van der Waals surface area contributed by atoms with Gasteiger partial charge in [0.15, 0.2) is 5.13 Å². The van der Waals surface area contributed by atoms with Gasteiger partial charge in [0.1, 0.15) is 5.65 Å². The Morgan fingerprint density at radius 1 is 1.26 bits per heavy atom. The molecule has 0 amide bonds. The van der Waals surface area contributed by atoms with Crippen LogP contribution < -0.4 is 5.32 Å². The number of nitriles is 1. The lowest BCUT2D eigenvalue weighted by atomic mass is 10.0.